The van der Waals surface area contributed by atoms with Gasteiger partial charge in [0.15, 0.2) is 5.37 Å². The van der Waals surface area contributed by atoms with E-state index >= 15 is 0 Å². The van der Waals surface area contributed by atoms with E-state index in [4.69, 9.17) is 4.74 Å². The highest BCUT2D eigenvalue weighted by Crippen LogP contribution is 2.27. The van der Waals surface area contributed by atoms with Gasteiger partial charge in [0.05, 0.1) is 4.90 Å². The molecule has 0 bridgehead atoms. The van der Waals surface area contributed by atoms with Crippen LogP contribution in [-0.4, -0.2) is 20.1 Å². The molecule has 0 aliphatic carbocycles. The first kappa shape index (κ1) is 18.9. The summed E-state index contributed by atoms with van der Waals surface area (Å²) in [5, 5.41) is 0.868. The van der Waals surface area contributed by atoms with Crippen molar-refractivity contribution in [2.24, 2.45) is 0 Å². The van der Waals surface area contributed by atoms with Gasteiger partial charge in [-0.05, 0) is 50.6 Å². The summed E-state index contributed by atoms with van der Waals surface area (Å²) in [4.78, 5) is 12.1. The van der Waals surface area contributed by atoms with Crippen LogP contribution in [-0.2, 0) is 14.6 Å². The second-order valence-corrected chi connectivity index (χ2v) is 8.47. The lowest BCUT2D eigenvalue weighted by Gasteiger charge is -2.24. The number of sulfone groups is 1. The highest BCUT2D eigenvalue weighted by Gasteiger charge is 2.32. The van der Waals surface area contributed by atoms with Gasteiger partial charge in [-0.2, -0.15) is 0 Å². The fourth-order valence-corrected chi connectivity index (χ4v) is 3.74. The van der Waals surface area contributed by atoms with Crippen molar-refractivity contribution in [1.82, 2.24) is 5.32 Å². The van der Waals surface area contributed by atoms with E-state index in [9.17, 15) is 17.6 Å². The number of ether oxygens (including phenoxy) is 1. The monoisotopic (exact) mass is 365 g/mol. The molecule has 0 fully saturated rings. The number of hydrogen-bond acceptors (Lipinski definition) is 4. The van der Waals surface area contributed by atoms with E-state index in [-0.39, 0.29) is 10.5 Å². The highest BCUT2D eigenvalue weighted by atomic mass is 32.2. The van der Waals surface area contributed by atoms with Gasteiger partial charge < -0.3 is 10.1 Å². The van der Waals surface area contributed by atoms with Gasteiger partial charge in [-0.3, -0.25) is 0 Å². The topological polar surface area (TPSA) is 72.5 Å². The molecular formula is C18H20FNO4S. The molecule has 0 saturated carbocycles. The predicted molar refractivity (Wildman–Crippen MR) is 92.1 cm³/mol. The minimum atomic E-state index is -4.00. The number of benzene rings is 2. The van der Waals surface area contributed by atoms with Crippen LogP contribution in [0.25, 0.3) is 0 Å². The summed E-state index contributed by atoms with van der Waals surface area (Å²) in [7, 11) is -4.00. The van der Waals surface area contributed by atoms with Gasteiger partial charge in [-0.25, -0.2) is 17.6 Å². The van der Waals surface area contributed by atoms with Crippen molar-refractivity contribution in [3.8, 4) is 0 Å². The molecule has 1 N–H and O–H groups in total. The Labute approximate surface area is 146 Å². The van der Waals surface area contributed by atoms with Crippen LogP contribution in [0.5, 0.6) is 0 Å². The first-order chi connectivity index (χ1) is 11.6. The molecule has 1 atom stereocenters. The molecule has 7 heteroatoms. The molecule has 5 nitrogen and oxygen atoms in total. The number of amides is 1. The Balaban J connectivity index is 2.44. The molecule has 0 spiro atoms. The van der Waals surface area contributed by atoms with Crippen molar-refractivity contribution in [1.29, 1.82) is 0 Å². The Bertz CT molecular complexity index is 845. The van der Waals surface area contributed by atoms with Crippen molar-refractivity contribution in [2.75, 3.05) is 0 Å². The molecule has 0 radical (unpaired) electrons. The Morgan fingerprint density at radius 1 is 1.08 bits per heavy atom. The third kappa shape index (κ3) is 5.03. The van der Waals surface area contributed by atoms with Crippen molar-refractivity contribution < 1.29 is 22.3 Å². The predicted octanol–water partition coefficient (Wildman–Crippen LogP) is 3.82. The first-order valence-corrected chi connectivity index (χ1v) is 9.18. The Morgan fingerprint density at radius 3 is 2.28 bits per heavy atom. The fraction of sp³-hybridized carbons (Fsp3) is 0.278. The van der Waals surface area contributed by atoms with Crippen molar-refractivity contribution in [3.05, 3.63) is 66.0 Å². The molecule has 25 heavy (non-hydrogen) atoms. The Hall–Kier alpha value is -2.41. The molecule has 1 unspecified atom stereocenters. The van der Waals surface area contributed by atoms with E-state index in [2.05, 4.69) is 5.32 Å². The molecule has 0 aliphatic rings. The SMILES string of the molecule is CC(C)(C)OC(=O)NC(c1cccc(F)c1)S(=O)(=O)c1ccccc1. The van der Waals surface area contributed by atoms with E-state index in [1.165, 1.54) is 30.3 Å². The summed E-state index contributed by atoms with van der Waals surface area (Å²) in [5.74, 6) is -0.600. The molecule has 2 rings (SSSR count). The van der Waals surface area contributed by atoms with Gasteiger partial charge in [0.2, 0.25) is 9.84 Å². The van der Waals surface area contributed by atoms with E-state index in [0.717, 1.165) is 6.07 Å². The van der Waals surface area contributed by atoms with Gasteiger partial charge in [-0.1, -0.05) is 30.3 Å². The normalized spacial score (nSPS) is 13.1. The lowest BCUT2D eigenvalue weighted by atomic mass is 10.2. The molecule has 134 valence electrons. The number of carbonyl (C=O) groups excluding carboxylic acids is 1. The minimum Gasteiger partial charge on any atom is -0.444 e. The van der Waals surface area contributed by atoms with Crippen LogP contribution >= 0.6 is 0 Å². The van der Waals surface area contributed by atoms with Crippen LogP contribution in [0, 0.1) is 5.82 Å². The number of hydrogen-bond donors (Lipinski definition) is 1. The third-order valence-corrected chi connectivity index (χ3v) is 5.12. The molecule has 0 saturated heterocycles. The van der Waals surface area contributed by atoms with Crippen LogP contribution in [0.1, 0.15) is 31.7 Å². The second kappa shape index (κ2) is 7.23. The zero-order chi connectivity index (χ0) is 18.7. The minimum absolute atomic E-state index is 0.0142. The Kier molecular flexibility index (Phi) is 5.47. The van der Waals surface area contributed by atoms with Gasteiger partial charge in [-0.15, -0.1) is 0 Å². The van der Waals surface area contributed by atoms with E-state index in [1.807, 2.05) is 0 Å². The maximum Gasteiger partial charge on any atom is 0.408 e. The lowest BCUT2D eigenvalue weighted by molar-refractivity contribution is 0.0519. The van der Waals surface area contributed by atoms with Gasteiger partial charge in [0, 0.05) is 0 Å². The van der Waals surface area contributed by atoms with Gasteiger partial charge >= 0.3 is 6.09 Å². The quantitative estimate of drug-likeness (QED) is 0.894. The number of rotatable bonds is 4. The van der Waals surface area contributed by atoms with Crippen LogP contribution in [0.3, 0.4) is 0 Å². The smallest absolute Gasteiger partial charge is 0.408 e. The molecule has 0 heterocycles. The van der Waals surface area contributed by atoms with Crippen LogP contribution < -0.4 is 5.32 Å². The number of carbonyl (C=O) groups is 1. The standard InChI is InChI=1S/C18H20FNO4S/c1-18(2,3)24-17(21)20-16(13-8-7-9-14(19)12-13)25(22,23)15-10-5-4-6-11-15/h4-12,16H,1-3H3,(H,20,21). The fourth-order valence-electron chi connectivity index (χ4n) is 2.17. The number of halogens is 1. The first-order valence-electron chi connectivity index (χ1n) is 7.63. The van der Waals surface area contributed by atoms with E-state index in [1.54, 1.807) is 39.0 Å². The largest absolute Gasteiger partial charge is 0.444 e. The zero-order valence-corrected chi connectivity index (χ0v) is 15.0. The van der Waals surface area contributed by atoms with Crippen LogP contribution in [0.2, 0.25) is 0 Å². The number of alkyl carbamates (subject to hydrolysis) is 1. The lowest BCUT2D eigenvalue weighted by Crippen LogP contribution is -2.38. The molecule has 1 amide bonds. The molecular weight excluding hydrogens is 345 g/mol. The molecule has 0 aromatic heterocycles. The maximum atomic E-state index is 13.6. The summed E-state index contributed by atoms with van der Waals surface area (Å²) in [5.41, 5.74) is -0.692. The summed E-state index contributed by atoms with van der Waals surface area (Å²) >= 11 is 0. The van der Waals surface area contributed by atoms with Crippen LogP contribution in [0.15, 0.2) is 59.5 Å². The summed E-state index contributed by atoms with van der Waals surface area (Å²) in [6, 6.07) is 12.7. The number of nitrogens with one attached hydrogen (secondary N) is 1. The van der Waals surface area contributed by atoms with Crippen molar-refractivity contribution in [3.63, 3.8) is 0 Å². The summed E-state index contributed by atoms with van der Waals surface area (Å²) in [6.07, 6.45) is -0.902. The van der Waals surface area contributed by atoms with Crippen molar-refractivity contribution >= 4 is 15.9 Å². The van der Waals surface area contributed by atoms with Crippen LogP contribution in [0.4, 0.5) is 9.18 Å². The van der Waals surface area contributed by atoms with Gasteiger partial charge in [0.1, 0.15) is 11.4 Å². The highest BCUT2D eigenvalue weighted by molar-refractivity contribution is 7.91. The van der Waals surface area contributed by atoms with E-state index in [0.29, 0.717) is 0 Å². The third-order valence-electron chi connectivity index (χ3n) is 3.18. The zero-order valence-electron chi connectivity index (χ0n) is 14.2. The molecule has 0 aliphatic heterocycles. The second-order valence-electron chi connectivity index (χ2n) is 6.44. The van der Waals surface area contributed by atoms with Crippen molar-refractivity contribution in [2.45, 2.75) is 36.6 Å². The molecule has 2 aromatic rings. The van der Waals surface area contributed by atoms with Gasteiger partial charge in [0.25, 0.3) is 0 Å². The maximum absolute atomic E-state index is 13.6. The average Bonchev–Trinajstić information content (AvgIpc) is 2.51. The summed E-state index contributed by atoms with van der Waals surface area (Å²) < 4.78 is 44.6. The average molecular weight is 365 g/mol. The summed E-state index contributed by atoms with van der Waals surface area (Å²) in [6.45, 7) is 4.99. The molecule has 2 aromatic carbocycles. The van der Waals surface area contributed by atoms with E-state index < -0.39 is 32.7 Å². The Morgan fingerprint density at radius 2 is 1.72 bits per heavy atom.